The summed E-state index contributed by atoms with van der Waals surface area (Å²) in [6.45, 7) is 74.2. The monoisotopic (exact) mass is 1390 g/mol. The first-order valence-electron chi connectivity index (χ1n) is 39.7. The third-order valence-corrected chi connectivity index (χ3v) is 21.3. The normalized spacial score (nSPS) is 11.4. The zero-order valence-corrected chi connectivity index (χ0v) is 71.8. The molecule has 0 nitrogen and oxygen atoms in total. The highest BCUT2D eigenvalue weighted by atomic mass is 14.3. The first-order valence-corrected chi connectivity index (χ1v) is 39.7. The van der Waals surface area contributed by atoms with Crippen molar-refractivity contribution >= 4 is 0 Å². The Morgan fingerprint density at radius 2 is 0.558 bits per heavy atom. The molecule has 10 aromatic rings. The summed E-state index contributed by atoms with van der Waals surface area (Å²) in [7, 11) is 0. The smallest absolute Gasteiger partial charge is 0.0114 e. The van der Waals surface area contributed by atoms with Crippen LogP contribution in [0.25, 0.3) is 55.6 Å². The molecule has 0 unspecified atom stereocenters. The average Bonchev–Trinajstić information content (AvgIpc) is 0.792. The fraction of sp³-hybridized carbons (Fsp3) is 0.423. The van der Waals surface area contributed by atoms with Gasteiger partial charge in [0.1, 0.15) is 0 Å². The third-order valence-electron chi connectivity index (χ3n) is 21.3. The number of rotatable bonds is 14. The Morgan fingerprint density at radius 3 is 0.856 bits per heavy atom. The Balaban J connectivity index is 0.000000204. The Bertz CT molecular complexity index is 4340. The second kappa shape index (κ2) is 37.0. The Kier molecular flexibility index (Phi) is 30.2. The molecule has 0 atom stereocenters. The molecule has 0 heteroatoms. The van der Waals surface area contributed by atoms with Crippen molar-refractivity contribution in [3.63, 3.8) is 0 Å². The number of unbranched alkanes of at least 4 members (excludes halogenated alkanes) is 1. The van der Waals surface area contributed by atoms with E-state index in [-0.39, 0.29) is 10.8 Å². The van der Waals surface area contributed by atoms with Crippen LogP contribution >= 0.6 is 0 Å². The van der Waals surface area contributed by atoms with Gasteiger partial charge in [0.2, 0.25) is 0 Å². The maximum absolute atomic E-state index is 2.44. The number of benzene rings is 10. The highest BCUT2D eigenvalue weighted by Crippen LogP contribution is 2.42. The summed E-state index contributed by atoms with van der Waals surface area (Å²) >= 11 is 0. The van der Waals surface area contributed by atoms with E-state index in [0.717, 1.165) is 19.3 Å². The molecule has 10 aromatic carbocycles. The van der Waals surface area contributed by atoms with Crippen molar-refractivity contribution in [2.45, 2.75) is 296 Å². The van der Waals surface area contributed by atoms with Crippen LogP contribution in [0.15, 0.2) is 146 Å². The van der Waals surface area contributed by atoms with Gasteiger partial charge in [0.05, 0.1) is 0 Å². The van der Waals surface area contributed by atoms with Crippen molar-refractivity contribution in [1.82, 2.24) is 0 Å². The largest absolute Gasteiger partial charge is 0.0654 e. The second-order valence-electron chi connectivity index (χ2n) is 34.3. The lowest BCUT2D eigenvalue weighted by Gasteiger charge is -2.26. The van der Waals surface area contributed by atoms with E-state index in [1.54, 1.807) is 0 Å². The van der Waals surface area contributed by atoms with Gasteiger partial charge in [-0.05, 0) is 323 Å². The molecule has 0 spiro atoms. The molecule has 104 heavy (non-hydrogen) atoms. The van der Waals surface area contributed by atoms with E-state index in [1.807, 2.05) is 0 Å². The standard InChI is InChI=1S/C23H32.C22H30.2C20H26.C19H24/c1-14(2)19-12-21(15(3)4)23(22(13-19)16(5)6)20-10-17(7)9-18(8)11-20;1-15-9-16(2)11-17(10-15)18-12-19(21(3,4)5)14-20(13-18)22(6,7)8;1-6-7-8-18-12-16(4)20(17(5)13-18)19-10-14(2)9-15(3)11-19;1-6-16-12-17(7-2)20(18(8-3)13-16)19-10-14(4)9-15(5)11-19;1-11-8-12(2)10-18(9-11)19-16(6)14(4)13(3)15(5)17(19)7/h9-16H,1-8H3;9-14H,1-8H3;2*9-13H,6-8H2,1-5H3;8-10H,1-7H3. The van der Waals surface area contributed by atoms with Crippen LogP contribution in [0, 0.1) is 118 Å². The summed E-state index contributed by atoms with van der Waals surface area (Å²) in [4.78, 5) is 0. The fourth-order valence-corrected chi connectivity index (χ4v) is 15.5. The first-order chi connectivity index (χ1) is 48.6. The summed E-state index contributed by atoms with van der Waals surface area (Å²) < 4.78 is 0. The van der Waals surface area contributed by atoms with Crippen LogP contribution in [0.4, 0.5) is 0 Å². The zero-order valence-electron chi connectivity index (χ0n) is 71.8. The molecule has 0 aliphatic heterocycles. The summed E-state index contributed by atoms with van der Waals surface area (Å²) in [6, 6.07) is 55.9. The molecule has 0 saturated heterocycles. The molecule has 0 heterocycles. The highest BCUT2D eigenvalue weighted by molar-refractivity contribution is 5.78. The molecule has 0 amide bonds. The lowest BCUT2D eigenvalue weighted by Crippen LogP contribution is -2.16. The number of aryl methyl sites for hydroxylation is 16. The molecule has 0 aliphatic rings. The van der Waals surface area contributed by atoms with Gasteiger partial charge in [-0.1, -0.05) is 318 Å². The van der Waals surface area contributed by atoms with Crippen LogP contribution in [0.3, 0.4) is 0 Å². The van der Waals surface area contributed by atoms with E-state index in [1.165, 1.54) is 220 Å². The van der Waals surface area contributed by atoms with Crippen molar-refractivity contribution in [2.24, 2.45) is 0 Å². The fourth-order valence-electron chi connectivity index (χ4n) is 15.5. The molecule has 10 rings (SSSR count). The van der Waals surface area contributed by atoms with E-state index in [0.29, 0.717) is 17.8 Å². The van der Waals surface area contributed by atoms with E-state index in [9.17, 15) is 0 Å². The number of hydrogen-bond acceptors (Lipinski definition) is 0. The zero-order chi connectivity index (χ0) is 77.7. The Hall–Kier alpha value is -7.80. The van der Waals surface area contributed by atoms with Gasteiger partial charge in [0.15, 0.2) is 0 Å². The average molecular weight is 1390 g/mol. The van der Waals surface area contributed by atoms with E-state index < -0.39 is 0 Å². The van der Waals surface area contributed by atoms with E-state index >= 15 is 0 Å². The molecular weight excluding hydrogens is 1250 g/mol. The van der Waals surface area contributed by atoms with Crippen molar-refractivity contribution in [1.29, 1.82) is 0 Å². The second-order valence-corrected chi connectivity index (χ2v) is 34.3. The minimum atomic E-state index is 0.162. The van der Waals surface area contributed by atoms with Crippen LogP contribution in [0.2, 0.25) is 0 Å². The van der Waals surface area contributed by atoms with Gasteiger partial charge in [0.25, 0.3) is 0 Å². The molecule has 0 aromatic heterocycles. The van der Waals surface area contributed by atoms with Gasteiger partial charge in [-0.2, -0.15) is 0 Å². The van der Waals surface area contributed by atoms with Gasteiger partial charge in [-0.15, -0.1) is 0 Å². The van der Waals surface area contributed by atoms with Crippen LogP contribution in [0.5, 0.6) is 0 Å². The highest BCUT2D eigenvalue weighted by Gasteiger charge is 2.23. The van der Waals surface area contributed by atoms with Crippen LogP contribution in [0.1, 0.15) is 286 Å². The van der Waals surface area contributed by atoms with Crippen LogP contribution < -0.4 is 0 Å². The van der Waals surface area contributed by atoms with Gasteiger partial charge in [0, 0.05) is 0 Å². The molecule has 554 valence electrons. The van der Waals surface area contributed by atoms with Crippen LogP contribution in [-0.4, -0.2) is 0 Å². The maximum Gasteiger partial charge on any atom is -0.0114 e. The summed E-state index contributed by atoms with van der Waals surface area (Å²) in [5, 5.41) is 0. The van der Waals surface area contributed by atoms with Crippen molar-refractivity contribution in [3.8, 4) is 55.6 Å². The first kappa shape index (κ1) is 85.1. The molecule has 0 saturated carbocycles. The topological polar surface area (TPSA) is 0 Å². The molecule has 0 radical (unpaired) electrons. The van der Waals surface area contributed by atoms with Gasteiger partial charge < -0.3 is 0 Å². The van der Waals surface area contributed by atoms with Crippen LogP contribution in [-0.2, 0) is 36.5 Å². The molecule has 0 bridgehead atoms. The molecular formula is C104H138. The molecule has 0 fully saturated rings. The van der Waals surface area contributed by atoms with Crippen molar-refractivity contribution in [3.05, 3.63) is 290 Å². The van der Waals surface area contributed by atoms with Crippen molar-refractivity contribution in [2.75, 3.05) is 0 Å². The Morgan fingerprint density at radius 1 is 0.260 bits per heavy atom. The predicted molar refractivity (Wildman–Crippen MR) is 466 cm³/mol. The maximum atomic E-state index is 2.44. The van der Waals surface area contributed by atoms with E-state index in [4.69, 9.17) is 0 Å². The Labute approximate surface area is 637 Å². The summed E-state index contributed by atoms with van der Waals surface area (Å²) in [5.41, 5.74) is 50.8. The number of hydrogen-bond donors (Lipinski definition) is 0. The van der Waals surface area contributed by atoms with Crippen molar-refractivity contribution < 1.29 is 0 Å². The predicted octanol–water partition coefficient (Wildman–Crippen LogP) is 31.0. The minimum Gasteiger partial charge on any atom is -0.0654 e. The summed E-state index contributed by atoms with van der Waals surface area (Å²) in [6.07, 6.45) is 7.06. The quantitative estimate of drug-likeness (QED) is 0.102. The van der Waals surface area contributed by atoms with Gasteiger partial charge in [-0.3, -0.25) is 0 Å². The SMILES string of the molecule is CCCCc1cc(C)c(-c2cc(C)cc(C)c2)c(C)c1.CCc1cc(CC)c(-c2cc(C)cc(C)c2)c(CC)c1.Cc1cc(C)cc(-c2c(C(C)C)cc(C(C)C)cc2C(C)C)c1.Cc1cc(C)cc(-c2c(C)c(C)c(C)c(C)c2C)c1.Cc1cc(C)cc(-c2cc(C(C)(C)C)cc(C(C)(C)C)c2)c1. The molecule has 0 aliphatic carbocycles. The minimum absolute atomic E-state index is 0.162. The van der Waals surface area contributed by atoms with Gasteiger partial charge in [-0.25, -0.2) is 0 Å². The lowest BCUT2D eigenvalue weighted by atomic mass is 9.79. The van der Waals surface area contributed by atoms with E-state index in [2.05, 4.69) is 374 Å². The summed E-state index contributed by atoms with van der Waals surface area (Å²) in [5.74, 6) is 1.63. The lowest BCUT2D eigenvalue weighted by molar-refractivity contribution is 0.569. The third kappa shape index (κ3) is 22.6. The molecule has 0 N–H and O–H groups in total. The van der Waals surface area contributed by atoms with Gasteiger partial charge >= 0.3 is 0 Å².